The summed E-state index contributed by atoms with van der Waals surface area (Å²) in [5.74, 6) is 1.04. The number of rotatable bonds is 7. The molecule has 0 aliphatic heterocycles. The lowest BCUT2D eigenvalue weighted by Gasteiger charge is -2.11. The Morgan fingerprint density at radius 1 is 1.10 bits per heavy atom. The molecule has 30 heavy (non-hydrogen) atoms. The third-order valence-corrected chi connectivity index (χ3v) is 4.86. The summed E-state index contributed by atoms with van der Waals surface area (Å²) in [6.45, 7) is 0.490. The van der Waals surface area contributed by atoms with Gasteiger partial charge in [0.2, 0.25) is 0 Å². The van der Waals surface area contributed by atoms with Gasteiger partial charge in [-0.15, -0.1) is 10.2 Å². The molecule has 0 spiro atoms. The lowest BCUT2D eigenvalue weighted by molar-refractivity contribution is -0.160. The number of carbonyl (C=O) groups excluding carboxylic acids is 1. The standard InChI is InChI=1S/C20H19F3N4O2S/c1-14-7-9-16(10-8-14)27-17(15-5-3-2-4-6-15)25-26-18(27)30-12-11-24-19(28)29-13-20(21,22)23/h2-10H,11-13H2,1H3,(H,24,28). The number of halogens is 3. The Hall–Kier alpha value is -3.01. The van der Waals surface area contributed by atoms with Crippen molar-refractivity contribution in [1.29, 1.82) is 0 Å². The van der Waals surface area contributed by atoms with Crippen LogP contribution in [0.5, 0.6) is 0 Å². The van der Waals surface area contributed by atoms with Crippen LogP contribution >= 0.6 is 11.8 Å². The Kier molecular flexibility index (Phi) is 6.99. The molecule has 0 unspecified atom stereocenters. The van der Waals surface area contributed by atoms with Gasteiger partial charge >= 0.3 is 12.3 Å². The summed E-state index contributed by atoms with van der Waals surface area (Å²) in [6.07, 6.45) is -5.66. The average molecular weight is 436 g/mol. The number of benzene rings is 2. The van der Waals surface area contributed by atoms with Crippen molar-refractivity contribution in [2.24, 2.45) is 0 Å². The molecule has 10 heteroatoms. The maximum atomic E-state index is 12.1. The molecule has 2 aromatic carbocycles. The van der Waals surface area contributed by atoms with Crippen molar-refractivity contribution < 1.29 is 22.7 Å². The molecule has 0 fully saturated rings. The van der Waals surface area contributed by atoms with Gasteiger partial charge in [-0.05, 0) is 19.1 Å². The summed E-state index contributed by atoms with van der Waals surface area (Å²) in [5.41, 5.74) is 2.89. The first-order chi connectivity index (χ1) is 14.3. The van der Waals surface area contributed by atoms with E-state index in [1.165, 1.54) is 11.8 Å². The second-order valence-corrected chi connectivity index (χ2v) is 7.37. The number of ether oxygens (including phenoxy) is 1. The third kappa shape index (κ3) is 5.99. The maximum absolute atomic E-state index is 12.1. The van der Waals surface area contributed by atoms with Crippen molar-refractivity contribution in [1.82, 2.24) is 20.1 Å². The van der Waals surface area contributed by atoms with Crippen LogP contribution in [0, 0.1) is 6.92 Å². The van der Waals surface area contributed by atoms with Crippen LogP contribution < -0.4 is 5.32 Å². The fourth-order valence-corrected chi connectivity index (χ4v) is 3.36. The Bertz CT molecular complexity index is 976. The highest BCUT2D eigenvalue weighted by atomic mass is 32.2. The van der Waals surface area contributed by atoms with Crippen molar-refractivity contribution in [2.75, 3.05) is 18.9 Å². The van der Waals surface area contributed by atoms with Crippen molar-refractivity contribution in [3.8, 4) is 17.1 Å². The molecule has 0 aliphatic carbocycles. The van der Waals surface area contributed by atoms with Crippen LogP contribution in [0.2, 0.25) is 0 Å². The molecule has 158 valence electrons. The molecule has 3 aromatic rings. The second kappa shape index (κ2) is 9.66. The molecule has 3 rings (SSSR count). The summed E-state index contributed by atoms with van der Waals surface area (Å²) in [5, 5.41) is 11.5. The fraction of sp³-hybridized carbons (Fsp3) is 0.250. The Labute approximate surface area is 175 Å². The van der Waals surface area contributed by atoms with E-state index >= 15 is 0 Å². The summed E-state index contributed by atoms with van der Waals surface area (Å²) < 4.78 is 42.2. The van der Waals surface area contributed by atoms with Gasteiger partial charge in [0.15, 0.2) is 17.6 Å². The molecule has 1 amide bonds. The molecular formula is C20H19F3N4O2S. The SMILES string of the molecule is Cc1ccc(-n2c(SCCNC(=O)OCC(F)(F)F)nnc2-c2ccccc2)cc1. The highest BCUT2D eigenvalue weighted by Crippen LogP contribution is 2.27. The highest BCUT2D eigenvalue weighted by Gasteiger charge is 2.29. The van der Waals surface area contributed by atoms with Gasteiger partial charge in [-0.25, -0.2) is 4.79 Å². The minimum atomic E-state index is -4.55. The van der Waals surface area contributed by atoms with E-state index in [-0.39, 0.29) is 6.54 Å². The van der Waals surface area contributed by atoms with Gasteiger partial charge in [0, 0.05) is 23.5 Å². The number of aromatic nitrogens is 3. The van der Waals surface area contributed by atoms with Crippen LogP contribution in [0.1, 0.15) is 5.56 Å². The topological polar surface area (TPSA) is 69.0 Å². The van der Waals surface area contributed by atoms with E-state index in [9.17, 15) is 18.0 Å². The summed E-state index contributed by atoms with van der Waals surface area (Å²) in [4.78, 5) is 11.3. The van der Waals surface area contributed by atoms with Crippen molar-refractivity contribution >= 4 is 17.9 Å². The Morgan fingerprint density at radius 3 is 2.47 bits per heavy atom. The minimum Gasteiger partial charge on any atom is -0.440 e. The van der Waals surface area contributed by atoms with E-state index in [2.05, 4.69) is 20.3 Å². The number of nitrogens with one attached hydrogen (secondary N) is 1. The second-order valence-electron chi connectivity index (χ2n) is 6.31. The smallest absolute Gasteiger partial charge is 0.422 e. The number of alkyl carbamates (subject to hydrolysis) is 1. The predicted octanol–water partition coefficient (Wildman–Crippen LogP) is 4.62. The highest BCUT2D eigenvalue weighted by molar-refractivity contribution is 7.99. The number of hydrogen-bond donors (Lipinski definition) is 1. The molecule has 1 aromatic heterocycles. The monoisotopic (exact) mass is 436 g/mol. The number of aryl methyl sites for hydroxylation is 1. The van der Waals surface area contributed by atoms with E-state index in [0.29, 0.717) is 16.7 Å². The Morgan fingerprint density at radius 2 is 1.80 bits per heavy atom. The lowest BCUT2D eigenvalue weighted by Crippen LogP contribution is -2.30. The van der Waals surface area contributed by atoms with Crippen molar-refractivity contribution in [2.45, 2.75) is 18.3 Å². The van der Waals surface area contributed by atoms with Crippen LogP contribution in [0.15, 0.2) is 59.8 Å². The van der Waals surface area contributed by atoms with Crippen LogP contribution in [0.4, 0.5) is 18.0 Å². The van der Waals surface area contributed by atoms with Gasteiger partial charge in [0.1, 0.15) is 0 Å². The average Bonchev–Trinajstić information content (AvgIpc) is 3.14. The van der Waals surface area contributed by atoms with Crippen LogP contribution in [0.25, 0.3) is 17.1 Å². The zero-order valence-electron chi connectivity index (χ0n) is 16.0. The number of nitrogens with zero attached hydrogens (tertiary/aromatic N) is 3. The van der Waals surface area contributed by atoms with E-state index in [1.807, 2.05) is 66.1 Å². The molecule has 1 heterocycles. The van der Waals surface area contributed by atoms with Gasteiger partial charge < -0.3 is 10.1 Å². The van der Waals surface area contributed by atoms with E-state index in [4.69, 9.17) is 0 Å². The predicted molar refractivity (Wildman–Crippen MR) is 108 cm³/mol. The third-order valence-electron chi connectivity index (χ3n) is 3.93. The fourth-order valence-electron chi connectivity index (χ4n) is 2.56. The molecule has 0 saturated carbocycles. The molecule has 0 aliphatic rings. The number of thioether (sulfide) groups is 1. The number of hydrogen-bond acceptors (Lipinski definition) is 5. The van der Waals surface area contributed by atoms with Crippen LogP contribution in [-0.2, 0) is 4.74 Å². The maximum Gasteiger partial charge on any atom is 0.422 e. The quantitative estimate of drug-likeness (QED) is 0.432. The zero-order chi connectivity index (χ0) is 21.6. The van der Waals surface area contributed by atoms with Gasteiger partial charge in [0.05, 0.1) is 0 Å². The number of amides is 1. The Balaban J connectivity index is 1.70. The largest absolute Gasteiger partial charge is 0.440 e. The van der Waals surface area contributed by atoms with Crippen molar-refractivity contribution in [3.05, 3.63) is 60.2 Å². The molecule has 0 radical (unpaired) electrons. The molecule has 0 bridgehead atoms. The van der Waals surface area contributed by atoms with Crippen LogP contribution in [-0.4, -0.2) is 45.9 Å². The molecule has 6 nitrogen and oxygen atoms in total. The van der Waals surface area contributed by atoms with E-state index in [1.54, 1.807) is 0 Å². The van der Waals surface area contributed by atoms with Gasteiger partial charge in [0.25, 0.3) is 0 Å². The first-order valence-electron chi connectivity index (χ1n) is 9.01. The summed E-state index contributed by atoms with van der Waals surface area (Å²) in [7, 11) is 0. The van der Waals surface area contributed by atoms with Gasteiger partial charge in [-0.2, -0.15) is 13.2 Å². The zero-order valence-corrected chi connectivity index (χ0v) is 16.8. The molecule has 1 N–H and O–H groups in total. The normalized spacial score (nSPS) is 11.3. The van der Waals surface area contributed by atoms with Gasteiger partial charge in [-0.3, -0.25) is 4.57 Å². The molecule has 0 saturated heterocycles. The molecule has 0 atom stereocenters. The van der Waals surface area contributed by atoms with Crippen LogP contribution in [0.3, 0.4) is 0 Å². The number of carbonyl (C=O) groups is 1. The lowest BCUT2D eigenvalue weighted by atomic mass is 10.2. The van der Waals surface area contributed by atoms with Gasteiger partial charge in [-0.1, -0.05) is 59.8 Å². The van der Waals surface area contributed by atoms with Crippen molar-refractivity contribution in [3.63, 3.8) is 0 Å². The minimum absolute atomic E-state index is 0.114. The summed E-state index contributed by atoms with van der Waals surface area (Å²) >= 11 is 1.32. The molecular weight excluding hydrogens is 417 g/mol. The first kappa shape index (κ1) is 21.7. The number of alkyl halides is 3. The summed E-state index contributed by atoms with van der Waals surface area (Å²) in [6, 6.07) is 17.5. The van der Waals surface area contributed by atoms with E-state index < -0.39 is 18.9 Å². The van der Waals surface area contributed by atoms with E-state index in [0.717, 1.165) is 16.8 Å². The first-order valence-corrected chi connectivity index (χ1v) is 10.00.